The van der Waals surface area contributed by atoms with E-state index in [-0.39, 0.29) is 0 Å². The molecule has 1 aliphatic heterocycles. The smallest absolute Gasteiger partial charge is 0.00183 e. The summed E-state index contributed by atoms with van der Waals surface area (Å²) in [7, 11) is 0. The molecule has 1 rings (SSSR count). The maximum Gasteiger partial charge on any atom is -0.00183 e. The summed E-state index contributed by atoms with van der Waals surface area (Å²) in [5, 5.41) is 0. The van der Waals surface area contributed by atoms with Gasteiger partial charge in [0.2, 0.25) is 0 Å². The van der Waals surface area contributed by atoms with Gasteiger partial charge in [-0.3, -0.25) is 0 Å². The molecule has 1 heterocycles. The van der Waals surface area contributed by atoms with Gasteiger partial charge in [0, 0.05) is 0 Å². The van der Waals surface area contributed by atoms with Gasteiger partial charge >= 0.3 is 0 Å². The highest BCUT2D eigenvalue weighted by molar-refractivity contribution is 4.64. The molecule has 0 radical (unpaired) electrons. The topological polar surface area (TPSA) is 3.24 Å². The highest BCUT2D eigenvalue weighted by Gasteiger charge is 2.08. The van der Waals surface area contributed by atoms with Gasteiger partial charge in [-0.25, -0.2) is 0 Å². The molecule has 0 bridgehead atoms. The summed E-state index contributed by atoms with van der Waals surface area (Å²) in [5.74, 6) is 0. The zero-order chi connectivity index (χ0) is 9.23. The van der Waals surface area contributed by atoms with E-state index in [0.717, 1.165) is 0 Å². The second kappa shape index (κ2) is 9.05. The fourth-order valence-electron chi connectivity index (χ4n) is 1.32. The summed E-state index contributed by atoms with van der Waals surface area (Å²) in [6, 6.07) is 0. The van der Waals surface area contributed by atoms with Crippen molar-refractivity contribution in [3.05, 3.63) is 0 Å². The Balaban J connectivity index is 0.000000261. The molecule has 0 unspecified atom stereocenters. The van der Waals surface area contributed by atoms with Crippen molar-refractivity contribution >= 4 is 0 Å². The van der Waals surface area contributed by atoms with Gasteiger partial charge in [-0.1, -0.05) is 33.6 Å². The van der Waals surface area contributed by atoms with Crippen molar-refractivity contribution in [3.8, 4) is 0 Å². The predicted molar refractivity (Wildman–Crippen MR) is 56.5 cm³/mol. The van der Waals surface area contributed by atoms with Crippen molar-refractivity contribution in [1.82, 2.24) is 4.90 Å². The van der Waals surface area contributed by atoms with E-state index in [4.69, 9.17) is 0 Å². The minimum atomic E-state index is 1.32. The monoisotopic (exact) mass is 171 g/mol. The average Bonchev–Trinajstić information content (AvgIpc) is 2.58. The van der Waals surface area contributed by atoms with Crippen LogP contribution < -0.4 is 0 Å². The maximum atomic E-state index is 2.54. The summed E-state index contributed by atoms with van der Waals surface area (Å²) in [4.78, 5) is 2.54. The number of nitrogens with zero attached hydrogens (tertiary/aromatic N) is 1. The number of likely N-dealkylation sites (tertiary alicyclic amines) is 1. The lowest BCUT2D eigenvalue weighted by Crippen LogP contribution is -2.19. The van der Waals surface area contributed by atoms with E-state index in [1.807, 2.05) is 0 Å². The molecule has 0 aromatic carbocycles. The molecule has 1 nitrogen and oxygen atoms in total. The Bertz CT molecular complexity index is 73.1. The van der Waals surface area contributed by atoms with Crippen LogP contribution in [0.4, 0.5) is 0 Å². The third-order valence-corrected chi connectivity index (χ3v) is 2.24. The van der Waals surface area contributed by atoms with Gasteiger partial charge in [0.1, 0.15) is 0 Å². The van der Waals surface area contributed by atoms with E-state index in [0.29, 0.717) is 0 Å². The fourth-order valence-corrected chi connectivity index (χ4v) is 1.32. The first kappa shape index (κ1) is 12.0. The van der Waals surface area contributed by atoms with E-state index in [9.17, 15) is 0 Å². The standard InChI is InChI=1S/C7H15N.C4H10/c1-2-5-8-6-3-4-7-8;1-3-4-2/h2-7H2,1H3;3-4H2,1-2H3. The van der Waals surface area contributed by atoms with Crippen LogP contribution in [0.3, 0.4) is 0 Å². The summed E-state index contributed by atoms with van der Waals surface area (Å²) in [6.07, 6.45) is 6.82. The van der Waals surface area contributed by atoms with Crippen LogP contribution >= 0.6 is 0 Å². The Kier molecular flexibility index (Phi) is 9.02. The molecule has 1 heteroatoms. The van der Waals surface area contributed by atoms with Gasteiger partial charge in [-0.05, 0) is 38.9 Å². The van der Waals surface area contributed by atoms with Crippen LogP contribution in [0.25, 0.3) is 0 Å². The van der Waals surface area contributed by atoms with Gasteiger partial charge in [0.05, 0.1) is 0 Å². The zero-order valence-electron chi connectivity index (χ0n) is 9.10. The van der Waals surface area contributed by atoms with Crippen LogP contribution in [-0.4, -0.2) is 24.5 Å². The zero-order valence-corrected chi connectivity index (χ0v) is 9.10. The van der Waals surface area contributed by atoms with Crippen LogP contribution in [0.15, 0.2) is 0 Å². The summed E-state index contributed by atoms with van der Waals surface area (Å²) in [5.41, 5.74) is 0. The largest absolute Gasteiger partial charge is 0.303 e. The van der Waals surface area contributed by atoms with Crippen molar-refractivity contribution in [1.29, 1.82) is 0 Å². The van der Waals surface area contributed by atoms with Crippen molar-refractivity contribution in [2.24, 2.45) is 0 Å². The molecule has 0 saturated carbocycles. The van der Waals surface area contributed by atoms with E-state index in [2.05, 4.69) is 25.7 Å². The number of rotatable bonds is 3. The minimum absolute atomic E-state index is 1.32. The lowest BCUT2D eigenvalue weighted by Gasteiger charge is -2.11. The normalized spacial score (nSPS) is 17.2. The minimum Gasteiger partial charge on any atom is -0.303 e. The Labute approximate surface area is 78.1 Å². The maximum absolute atomic E-state index is 2.54. The molecular weight excluding hydrogens is 146 g/mol. The van der Waals surface area contributed by atoms with E-state index in [1.54, 1.807) is 0 Å². The van der Waals surface area contributed by atoms with E-state index < -0.39 is 0 Å². The Morgan fingerprint density at radius 3 is 1.67 bits per heavy atom. The van der Waals surface area contributed by atoms with Crippen LogP contribution in [0.2, 0.25) is 0 Å². The van der Waals surface area contributed by atoms with Crippen LogP contribution in [0, 0.1) is 0 Å². The highest BCUT2D eigenvalue weighted by Crippen LogP contribution is 2.06. The fraction of sp³-hybridized carbons (Fsp3) is 1.00. The first-order chi connectivity index (χ1) is 5.85. The Morgan fingerprint density at radius 1 is 0.833 bits per heavy atom. The predicted octanol–water partition coefficient (Wildman–Crippen LogP) is 3.30. The molecule has 1 fully saturated rings. The molecule has 0 aromatic heterocycles. The molecule has 74 valence electrons. The first-order valence-corrected chi connectivity index (χ1v) is 5.57. The molecule has 1 saturated heterocycles. The molecule has 0 N–H and O–H groups in total. The SMILES string of the molecule is CCCC.CCCN1CCCC1. The van der Waals surface area contributed by atoms with Crippen molar-refractivity contribution < 1.29 is 0 Å². The number of unbranched alkanes of at least 4 members (excludes halogenated alkanes) is 1. The molecule has 0 spiro atoms. The van der Waals surface area contributed by atoms with Gasteiger partial charge in [-0.15, -0.1) is 0 Å². The summed E-state index contributed by atoms with van der Waals surface area (Å²) in [6.45, 7) is 10.6. The van der Waals surface area contributed by atoms with Crippen LogP contribution in [0.1, 0.15) is 52.9 Å². The third kappa shape index (κ3) is 6.66. The summed E-state index contributed by atoms with van der Waals surface area (Å²) >= 11 is 0. The Hall–Kier alpha value is -0.0400. The van der Waals surface area contributed by atoms with Crippen molar-refractivity contribution in [2.45, 2.75) is 52.9 Å². The molecule has 0 aliphatic carbocycles. The average molecular weight is 171 g/mol. The van der Waals surface area contributed by atoms with E-state index >= 15 is 0 Å². The molecule has 0 amide bonds. The van der Waals surface area contributed by atoms with E-state index in [1.165, 1.54) is 51.7 Å². The van der Waals surface area contributed by atoms with Crippen LogP contribution in [-0.2, 0) is 0 Å². The highest BCUT2D eigenvalue weighted by atomic mass is 15.1. The molecular formula is C11H25N. The Morgan fingerprint density at radius 2 is 1.33 bits per heavy atom. The molecule has 0 aromatic rings. The lowest BCUT2D eigenvalue weighted by atomic mass is 10.4. The third-order valence-electron chi connectivity index (χ3n) is 2.24. The molecule has 1 aliphatic rings. The quantitative estimate of drug-likeness (QED) is 0.630. The van der Waals surface area contributed by atoms with Crippen molar-refractivity contribution in [3.63, 3.8) is 0 Å². The van der Waals surface area contributed by atoms with Gasteiger partial charge < -0.3 is 4.90 Å². The second-order valence-electron chi connectivity index (χ2n) is 3.55. The van der Waals surface area contributed by atoms with Crippen molar-refractivity contribution in [2.75, 3.05) is 19.6 Å². The lowest BCUT2D eigenvalue weighted by molar-refractivity contribution is 0.339. The van der Waals surface area contributed by atoms with Gasteiger partial charge in [-0.2, -0.15) is 0 Å². The molecule has 12 heavy (non-hydrogen) atoms. The number of hydrogen-bond donors (Lipinski definition) is 0. The number of hydrogen-bond acceptors (Lipinski definition) is 1. The van der Waals surface area contributed by atoms with Crippen LogP contribution in [0.5, 0.6) is 0 Å². The van der Waals surface area contributed by atoms with Gasteiger partial charge in [0.15, 0.2) is 0 Å². The second-order valence-corrected chi connectivity index (χ2v) is 3.55. The van der Waals surface area contributed by atoms with Gasteiger partial charge in [0.25, 0.3) is 0 Å². The first-order valence-electron chi connectivity index (χ1n) is 5.57. The molecule has 0 atom stereocenters. The summed E-state index contributed by atoms with van der Waals surface area (Å²) < 4.78 is 0.